The van der Waals surface area contributed by atoms with E-state index < -0.39 is 0 Å². The van der Waals surface area contributed by atoms with Crippen LogP contribution in [-0.2, 0) is 4.79 Å². The summed E-state index contributed by atoms with van der Waals surface area (Å²) in [6.45, 7) is 6.82. The van der Waals surface area contributed by atoms with Gasteiger partial charge in [0, 0.05) is 51.8 Å². The Labute approximate surface area is 148 Å². The average Bonchev–Trinajstić information content (AvgIpc) is 3.06. The highest BCUT2D eigenvalue weighted by Gasteiger charge is 2.27. The molecule has 0 N–H and O–H groups in total. The number of carbonyl (C=O) groups excluding carboxylic acids is 2. The predicted octanol–water partition coefficient (Wildman–Crippen LogP) is 1.39. The molecule has 0 spiro atoms. The molecule has 2 aliphatic rings. The molecule has 7 heteroatoms. The molecule has 0 aromatic carbocycles. The van der Waals surface area contributed by atoms with E-state index in [9.17, 15) is 9.59 Å². The average molecular weight is 348 g/mol. The highest BCUT2D eigenvalue weighted by Crippen LogP contribution is 2.23. The van der Waals surface area contributed by atoms with Crippen molar-refractivity contribution in [2.75, 3.05) is 46.3 Å². The van der Waals surface area contributed by atoms with Gasteiger partial charge in [-0.1, -0.05) is 5.16 Å². The van der Waals surface area contributed by atoms with Crippen molar-refractivity contribution in [3.8, 4) is 0 Å². The minimum absolute atomic E-state index is 0.0630. The molecule has 2 saturated heterocycles. The van der Waals surface area contributed by atoms with Crippen LogP contribution < -0.4 is 0 Å². The van der Waals surface area contributed by atoms with Crippen LogP contribution in [0.2, 0.25) is 0 Å². The van der Waals surface area contributed by atoms with Crippen molar-refractivity contribution in [2.24, 2.45) is 5.92 Å². The summed E-state index contributed by atoms with van der Waals surface area (Å²) in [5, 5.41) is 3.83. The summed E-state index contributed by atoms with van der Waals surface area (Å²) in [5.41, 5.74) is 0.381. The third-order valence-electron chi connectivity index (χ3n) is 5.28. The molecule has 0 aliphatic carbocycles. The topological polar surface area (TPSA) is 69.9 Å². The SMILES string of the molecule is Cc1cc(C(=O)N2CCC[C@H](CCC(=O)N3CCN(C)CC3)C2)no1. The van der Waals surface area contributed by atoms with Gasteiger partial charge in [0.05, 0.1) is 0 Å². The van der Waals surface area contributed by atoms with Crippen LogP contribution in [0.25, 0.3) is 0 Å². The van der Waals surface area contributed by atoms with E-state index in [1.54, 1.807) is 13.0 Å². The van der Waals surface area contributed by atoms with Crippen molar-refractivity contribution in [3.63, 3.8) is 0 Å². The van der Waals surface area contributed by atoms with E-state index in [-0.39, 0.29) is 11.8 Å². The molecule has 1 aromatic heterocycles. The number of likely N-dealkylation sites (tertiary alicyclic amines) is 1. The molecule has 1 atom stereocenters. The zero-order valence-corrected chi connectivity index (χ0v) is 15.2. The van der Waals surface area contributed by atoms with Gasteiger partial charge in [0.1, 0.15) is 5.76 Å². The number of nitrogens with zero attached hydrogens (tertiary/aromatic N) is 4. The Balaban J connectivity index is 1.47. The van der Waals surface area contributed by atoms with Crippen LogP contribution in [0.5, 0.6) is 0 Å². The molecule has 0 saturated carbocycles. The molecule has 0 unspecified atom stereocenters. The number of carbonyl (C=O) groups is 2. The monoisotopic (exact) mass is 348 g/mol. The van der Waals surface area contributed by atoms with Gasteiger partial charge in [0.2, 0.25) is 5.91 Å². The number of likely N-dealkylation sites (N-methyl/N-ethyl adjacent to an activating group) is 1. The second-order valence-corrected chi connectivity index (χ2v) is 7.30. The summed E-state index contributed by atoms with van der Waals surface area (Å²) < 4.78 is 5.01. The number of aromatic nitrogens is 1. The van der Waals surface area contributed by atoms with Gasteiger partial charge >= 0.3 is 0 Å². The third kappa shape index (κ3) is 4.60. The molecule has 2 aliphatic heterocycles. The van der Waals surface area contributed by atoms with Gasteiger partial charge in [0.25, 0.3) is 5.91 Å². The lowest BCUT2D eigenvalue weighted by Gasteiger charge is -2.34. The van der Waals surface area contributed by atoms with E-state index in [1.807, 2.05) is 9.80 Å². The smallest absolute Gasteiger partial charge is 0.276 e. The van der Waals surface area contributed by atoms with Gasteiger partial charge in [-0.15, -0.1) is 0 Å². The largest absolute Gasteiger partial charge is 0.361 e. The van der Waals surface area contributed by atoms with Crippen LogP contribution in [-0.4, -0.2) is 78.0 Å². The molecule has 0 radical (unpaired) electrons. The maximum absolute atomic E-state index is 12.5. The number of piperazine rings is 1. The van der Waals surface area contributed by atoms with Crippen molar-refractivity contribution in [1.29, 1.82) is 0 Å². The number of aryl methyl sites for hydroxylation is 1. The molecule has 2 fully saturated rings. The molecule has 1 aromatic rings. The highest BCUT2D eigenvalue weighted by molar-refractivity contribution is 5.92. The Bertz CT molecular complexity index is 607. The van der Waals surface area contributed by atoms with Gasteiger partial charge in [-0.05, 0) is 39.2 Å². The minimum Gasteiger partial charge on any atom is -0.361 e. The second-order valence-electron chi connectivity index (χ2n) is 7.30. The lowest BCUT2D eigenvalue weighted by molar-refractivity contribution is -0.133. The Morgan fingerprint density at radius 1 is 1.20 bits per heavy atom. The summed E-state index contributed by atoms with van der Waals surface area (Å²) in [7, 11) is 2.09. The first kappa shape index (κ1) is 17.9. The van der Waals surface area contributed by atoms with Crippen LogP contribution in [0.15, 0.2) is 10.6 Å². The Morgan fingerprint density at radius 2 is 1.96 bits per heavy atom. The Morgan fingerprint density at radius 3 is 2.64 bits per heavy atom. The molecular formula is C18H28N4O3. The summed E-state index contributed by atoms with van der Waals surface area (Å²) in [6.07, 6.45) is 3.50. The zero-order valence-electron chi connectivity index (χ0n) is 15.2. The van der Waals surface area contributed by atoms with Crippen LogP contribution in [0.3, 0.4) is 0 Å². The first-order valence-electron chi connectivity index (χ1n) is 9.22. The van der Waals surface area contributed by atoms with E-state index >= 15 is 0 Å². The Kier molecular flexibility index (Phi) is 5.73. The summed E-state index contributed by atoms with van der Waals surface area (Å²) >= 11 is 0. The van der Waals surface area contributed by atoms with Crippen molar-refractivity contribution in [2.45, 2.75) is 32.6 Å². The quantitative estimate of drug-likeness (QED) is 0.822. The van der Waals surface area contributed by atoms with Gasteiger partial charge in [0.15, 0.2) is 5.69 Å². The molecule has 3 rings (SSSR count). The maximum Gasteiger partial charge on any atom is 0.276 e. The van der Waals surface area contributed by atoms with E-state index in [0.717, 1.165) is 52.0 Å². The molecule has 0 bridgehead atoms. The Hall–Kier alpha value is -1.89. The fraction of sp³-hybridized carbons (Fsp3) is 0.722. The fourth-order valence-electron chi connectivity index (χ4n) is 3.66. The number of piperidine rings is 1. The molecule has 3 heterocycles. The number of hydrogen-bond donors (Lipinski definition) is 0. The van der Waals surface area contributed by atoms with E-state index in [1.165, 1.54) is 0 Å². The van der Waals surface area contributed by atoms with Gasteiger partial charge < -0.3 is 19.2 Å². The number of rotatable bonds is 4. The molecule has 2 amide bonds. The fourth-order valence-corrected chi connectivity index (χ4v) is 3.66. The van der Waals surface area contributed by atoms with Crippen LogP contribution in [0.1, 0.15) is 41.9 Å². The number of hydrogen-bond acceptors (Lipinski definition) is 5. The van der Waals surface area contributed by atoms with Crippen molar-refractivity contribution in [3.05, 3.63) is 17.5 Å². The molecule has 25 heavy (non-hydrogen) atoms. The van der Waals surface area contributed by atoms with Crippen LogP contribution in [0, 0.1) is 12.8 Å². The number of amides is 2. The van der Waals surface area contributed by atoms with Crippen molar-refractivity contribution in [1.82, 2.24) is 19.9 Å². The standard InChI is InChI=1S/C18H28N4O3/c1-14-12-16(19-25-14)18(24)22-7-3-4-15(13-22)5-6-17(23)21-10-8-20(2)9-11-21/h12,15H,3-11,13H2,1-2H3/t15-/m1/s1. The zero-order chi connectivity index (χ0) is 17.8. The van der Waals surface area contributed by atoms with Crippen LogP contribution in [0.4, 0.5) is 0 Å². The molecule has 7 nitrogen and oxygen atoms in total. The molecular weight excluding hydrogens is 320 g/mol. The summed E-state index contributed by atoms with van der Waals surface area (Å²) in [6, 6.07) is 1.68. The highest BCUT2D eigenvalue weighted by atomic mass is 16.5. The summed E-state index contributed by atoms with van der Waals surface area (Å²) in [4.78, 5) is 31.0. The second kappa shape index (κ2) is 7.99. The maximum atomic E-state index is 12.5. The molecule has 138 valence electrons. The van der Waals surface area contributed by atoms with E-state index in [4.69, 9.17) is 4.52 Å². The first-order chi connectivity index (χ1) is 12.0. The van der Waals surface area contributed by atoms with E-state index in [2.05, 4.69) is 17.1 Å². The van der Waals surface area contributed by atoms with Gasteiger partial charge in [-0.25, -0.2) is 0 Å². The van der Waals surface area contributed by atoms with Crippen LogP contribution >= 0.6 is 0 Å². The van der Waals surface area contributed by atoms with Gasteiger partial charge in [-0.3, -0.25) is 9.59 Å². The van der Waals surface area contributed by atoms with Crippen molar-refractivity contribution < 1.29 is 14.1 Å². The predicted molar refractivity (Wildman–Crippen MR) is 93.2 cm³/mol. The third-order valence-corrected chi connectivity index (χ3v) is 5.28. The lowest BCUT2D eigenvalue weighted by Crippen LogP contribution is -2.47. The minimum atomic E-state index is -0.0630. The summed E-state index contributed by atoms with van der Waals surface area (Å²) in [5.74, 6) is 1.23. The van der Waals surface area contributed by atoms with Crippen molar-refractivity contribution >= 4 is 11.8 Å². The lowest BCUT2D eigenvalue weighted by atomic mass is 9.93. The van der Waals surface area contributed by atoms with Gasteiger partial charge in [-0.2, -0.15) is 0 Å². The van der Waals surface area contributed by atoms with E-state index in [0.29, 0.717) is 30.3 Å². The first-order valence-corrected chi connectivity index (χ1v) is 9.22. The normalized spacial score (nSPS) is 22.2.